The average Bonchev–Trinajstić information content (AvgIpc) is 2.41. The summed E-state index contributed by atoms with van der Waals surface area (Å²) in [6.45, 7) is 4.62. The van der Waals surface area contributed by atoms with Crippen LogP contribution in [0, 0.1) is 13.8 Å². The second kappa shape index (κ2) is 6.13. The molecule has 2 N–H and O–H groups in total. The Labute approximate surface area is 117 Å². The monoisotopic (exact) mass is 273 g/mol. The van der Waals surface area contributed by atoms with E-state index < -0.39 is 10.8 Å². The molecule has 2 aromatic rings. The fourth-order valence-electron chi connectivity index (χ4n) is 1.96. The van der Waals surface area contributed by atoms with Gasteiger partial charge in [-0.3, -0.25) is 4.21 Å². The molecule has 2 nitrogen and oxygen atoms in total. The van der Waals surface area contributed by atoms with E-state index in [0.29, 0.717) is 12.3 Å². The Morgan fingerprint density at radius 3 is 2.32 bits per heavy atom. The van der Waals surface area contributed by atoms with Crippen molar-refractivity contribution in [1.29, 1.82) is 0 Å². The average molecular weight is 273 g/mol. The highest BCUT2D eigenvalue weighted by atomic mass is 32.2. The third-order valence-electron chi connectivity index (χ3n) is 3.21. The highest BCUT2D eigenvalue weighted by Crippen LogP contribution is 2.17. The number of benzene rings is 2. The molecule has 0 heterocycles. The lowest BCUT2D eigenvalue weighted by atomic mass is 10.1. The molecule has 19 heavy (non-hydrogen) atoms. The minimum atomic E-state index is -0.993. The molecule has 0 aromatic heterocycles. The van der Waals surface area contributed by atoms with Crippen molar-refractivity contribution in [3.8, 4) is 0 Å². The van der Waals surface area contributed by atoms with Gasteiger partial charge < -0.3 is 5.73 Å². The van der Waals surface area contributed by atoms with Crippen molar-refractivity contribution in [2.45, 2.75) is 31.0 Å². The highest BCUT2D eigenvalue weighted by Gasteiger charge is 2.07. The lowest BCUT2D eigenvalue weighted by molar-refractivity contribution is 0.682. The summed E-state index contributed by atoms with van der Waals surface area (Å²) >= 11 is 0. The van der Waals surface area contributed by atoms with Crippen LogP contribution in [-0.4, -0.2) is 4.21 Å². The van der Waals surface area contributed by atoms with Crippen LogP contribution in [0.1, 0.15) is 22.3 Å². The molecule has 0 bridgehead atoms. The number of hydrogen-bond acceptors (Lipinski definition) is 2. The fourth-order valence-corrected chi connectivity index (χ4v) is 3.17. The molecule has 0 amide bonds. The molecule has 2 aromatic carbocycles. The zero-order chi connectivity index (χ0) is 13.8. The van der Waals surface area contributed by atoms with Crippen LogP contribution in [0.5, 0.6) is 0 Å². The van der Waals surface area contributed by atoms with Crippen LogP contribution < -0.4 is 5.73 Å². The van der Waals surface area contributed by atoms with Crippen molar-refractivity contribution in [2.75, 3.05) is 0 Å². The smallest absolute Gasteiger partial charge is 0.0574 e. The van der Waals surface area contributed by atoms with Gasteiger partial charge in [0.15, 0.2) is 0 Å². The van der Waals surface area contributed by atoms with Crippen LogP contribution in [0.15, 0.2) is 47.4 Å². The summed E-state index contributed by atoms with van der Waals surface area (Å²) in [6, 6.07) is 14.0. The summed E-state index contributed by atoms with van der Waals surface area (Å²) < 4.78 is 12.3. The second-order valence-electron chi connectivity index (χ2n) is 4.77. The van der Waals surface area contributed by atoms with Gasteiger partial charge >= 0.3 is 0 Å². The molecule has 0 aliphatic carbocycles. The Morgan fingerprint density at radius 2 is 1.74 bits per heavy atom. The van der Waals surface area contributed by atoms with Crippen LogP contribution >= 0.6 is 0 Å². The molecule has 1 atom stereocenters. The van der Waals surface area contributed by atoms with E-state index in [1.54, 1.807) is 0 Å². The molecule has 3 heteroatoms. The van der Waals surface area contributed by atoms with Gasteiger partial charge in [0.25, 0.3) is 0 Å². The van der Waals surface area contributed by atoms with E-state index >= 15 is 0 Å². The molecule has 0 aliphatic rings. The van der Waals surface area contributed by atoms with Crippen molar-refractivity contribution in [3.63, 3.8) is 0 Å². The Bertz CT molecular complexity index is 590. The summed E-state index contributed by atoms with van der Waals surface area (Å²) in [7, 11) is -0.993. The predicted molar refractivity (Wildman–Crippen MR) is 80.4 cm³/mol. The van der Waals surface area contributed by atoms with Gasteiger partial charge in [0.1, 0.15) is 0 Å². The maximum Gasteiger partial charge on any atom is 0.0574 e. The Kier molecular flexibility index (Phi) is 4.51. The molecule has 1 unspecified atom stereocenters. The molecule has 0 radical (unpaired) electrons. The number of aryl methyl sites for hydroxylation is 2. The molecule has 0 spiro atoms. The second-order valence-corrected chi connectivity index (χ2v) is 6.22. The molecule has 0 saturated carbocycles. The lowest BCUT2D eigenvalue weighted by Crippen LogP contribution is -2.01. The summed E-state index contributed by atoms with van der Waals surface area (Å²) in [4.78, 5) is 0.882. The first kappa shape index (κ1) is 14.0. The Morgan fingerprint density at radius 1 is 1.05 bits per heavy atom. The SMILES string of the molecule is Cc1ccc(S(=O)Cc2ccc(CN)cc2C)cc1. The third kappa shape index (κ3) is 3.52. The van der Waals surface area contributed by atoms with E-state index in [4.69, 9.17) is 5.73 Å². The first-order chi connectivity index (χ1) is 9.10. The van der Waals surface area contributed by atoms with Crippen LogP contribution in [0.25, 0.3) is 0 Å². The van der Waals surface area contributed by atoms with Crippen LogP contribution in [0.3, 0.4) is 0 Å². The Balaban J connectivity index is 2.17. The first-order valence-corrected chi connectivity index (χ1v) is 7.65. The normalized spacial score (nSPS) is 12.4. The first-order valence-electron chi connectivity index (χ1n) is 6.33. The summed E-state index contributed by atoms with van der Waals surface area (Å²) in [6.07, 6.45) is 0. The molecule has 0 saturated heterocycles. The van der Waals surface area contributed by atoms with Crippen molar-refractivity contribution in [3.05, 3.63) is 64.7 Å². The van der Waals surface area contributed by atoms with E-state index in [9.17, 15) is 4.21 Å². The molecule has 100 valence electrons. The van der Waals surface area contributed by atoms with Gasteiger partial charge in [-0.25, -0.2) is 0 Å². The predicted octanol–water partition coefficient (Wildman–Crippen LogP) is 3.07. The minimum absolute atomic E-state index is 0.544. The van der Waals surface area contributed by atoms with Crippen molar-refractivity contribution >= 4 is 10.8 Å². The molecule has 0 fully saturated rings. The van der Waals surface area contributed by atoms with Crippen LogP contribution in [0.4, 0.5) is 0 Å². The highest BCUT2D eigenvalue weighted by molar-refractivity contribution is 7.84. The van der Waals surface area contributed by atoms with Crippen molar-refractivity contribution in [1.82, 2.24) is 0 Å². The minimum Gasteiger partial charge on any atom is -0.326 e. The van der Waals surface area contributed by atoms with E-state index in [0.717, 1.165) is 21.6 Å². The zero-order valence-electron chi connectivity index (χ0n) is 11.3. The van der Waals surface area contributed by atoms with E-state index in [2.05, 4.69) is 6.07 Å². The maximum absolute atomic E-state index is 12.3. The molecular formula is C16H19NOS. The standard InChI is InChI=1S/C16H19NOS/c1-12-3-7-16(8-4-12)19(18)11-15-6-5-14(10-17)9-13(15)2/h3-9H,10-11,17H2,1-2H3. The van der Waals surface area contributed by atoms with Gasteiger partial charge in [0.05, 0.1) is 16.6 Å². The van der Waals surface area contributed by atoms with Gasteiger partial charge in [0, 0.05) is 11.4 Å². The fraction of sp³-hybridized carbons (Fsp3) is 0.250. The lowest BCUT2D eigenvalue weighted by Gasteiger charge is -2.08. The summed E-state index contributed by atoms with van der Waals surface area (Å²) in [5, 5.41) is 0. The maximum atomic E-state index is 12.3. The zero-order valence-corrected chi connectivity index (χ0v) is 12.2. The third-order valence-corrected chi connectivity index (χ3v) is 4.58. The van der Waals surface area contributed by atoms with Crippen molar-refractivity contribution in [2.24, 2.45) is 5.73 Å². The summed E-state index contributed by atoms with van der Waals surface area (Å²) in [5.41, 5.74) is 10.2. The number of rotatable bonds is 4. The van der Waals surface area contributed by atoms with E-state index in [1.807, 2.05) is 50.2 Å². The number of hydrogen-bond donors (Lipinski definition) is 1. The van der Waals surface area contributed by atoms with Gasteiger partial charge in [-0.15, -0.1) is 0 Å². The number of nitrogens with two attached hydrogens (primary N) is 1. The molecule has 2 rings (SSSR count). The van der Waals surface area contributed by atoms with Crippen LogP contribution in [0.2, 0.25) is 0 Å². The molecule has 0 aliphatic heterocycles. The van der Waals surface area contributed by atoms with E-state index in [-0.39, 0.29) is 0 Å². The van der Waals surface area contributed by atoms with Gasteiger partial charge in [-0.1, -0.05) is 35.9 Å². The Hall–Kier alpha value is -1.45. The van der Waals surface area contributed by atoms with E-state index in [1.165, 1.54) is 5.56 Å². The topological polar surface area (TPSA) is 43.1 Å². The summed E-state index contributed by atoms with van der Waals surface area (Å²) in [5.74, 6) is 0.555. The van der Waals surface area contributed by atoms with Crippen molar-refractivity contribution < 1.29 is 4.21 Å². The largest absolute Gasteiger partial charge is 0.326 e. The quantitative estimate of drug-likeness (QED) is 0.930. The van der Waals surface area contributed by atoms with Gasteiger partial charge in [0.2, 0.25) is 0 Å². The van der Waals surface area contributed by atoms with Crippen LogP contribution in [-0.2, 0) is 23.1 Å². The van der Waals surface area contributed by atoms with Gasteiger partial charge in [-0.2, -0.15) is 0 Å². The molecular weight excluding hydrogens is 254 g/mol. The van der Waals surface area contributed by atoms with Gasteiger partial charge in [-0.05, 0) is 42.7 Å².